The van der Waals surface area contributed by atoms with Crippen LogP contribution in [0.3, 0.4) is 0 Å². The summed E-state index contributed by atoms with van der Waals surface area (Å²) in [5.74, 6) is -0.00563. The lowest BCUT2D eigenvalue weighted by Crippen LogP contribution is -2.58. The van der Waals surface area contributed by atoms with Crippen molar-refractivity contribution in [3.05, 3.63) is 52.5 Å². The summed E-state index contributed by atoms with van der Waals surface area (Å²) in [7, 11) is 0. The van der Waals surface area contributed by atoms with Crippen LogP contribution in [0, 0.1) is 0 Å². The van der Waals surface area contributed by atoms with Crippen LogP contribution in [0.4, 0.5) is 0 Å². The molecule has 26 heavy (non-hydrogen) atoms. The number of nitrogens with zero attached hydrogens (tertiary/aromatic N) is 3. The van der Waals surface area contributed by atoms with Crippen molar-refractivity contribution in [1.29, 1.82) is 0 Å². The van der Waals surface area contributed by atoms with E-state index in [1.807, 2.05) is 35.7 Å². The third kappa shape index (κ3) is 5.13. The van der Waals surface area contributed by atoms with Crippen molar-refractivity contribution >= 4 is 29.6 Å². The zero-order valence-corrected chi connectivity index (χ0v) is 15.3. The molecule has 0 unspecified atom stereocenters. The summed E-state index contributed by atoms with van der Waals surface area (Å²) in [6.07, 6.45) is 0.763. The Morgan fingerprint density at radius 3 is 2.62 bits per heavy atom. The van der Waals surface area contributed by atoms with Crippen LogP contribution in [-0.2, 0) is 27.3 Å². The first-order valence-electron chi connectivity index (χ1n) is 8.14. The molecular weight excluding hydrogens is 354 g/mol. The molecule has 1 aliphatic heterocycles. The van der Waals surface area contributed by atoms with E-state index < -0.39 is 6.04 Å². The third-order valence-corrected chi connectivity index (χ3v) is 4.75. The second kappa shape index (κ2) is 9.67. The molecule has 1 saturated heterocycles. The molecule has 138 valence electrons. The van der Waals surface area contributed by atoms with Gasteiger partial charge in [0.1, 0.15) is 6.04 Å². The van der Waals surface area contributed by atoms with Gasteiger partial charge < -0.3 is 14.9 Å². The van der Waals surface area contributed by atoms with E-state index in [-0.39, 0.29) is 24.8 Å². The van der Waals surface area contributed by atoms with Gasteiger partial charge in [-0.15, -0.1) is 11.3 Å². The zero-order valence-electron chi connectivity index (χ0n) is 14.4. The van der Waals surface area contributed by atoms with E-state index in [0.29, 0.717) is 13.1 Å². The van der Waals surface area contributed by atoms with Crippen LogP contribution in [0.25, 0.3) is 0 Å². The van der Waals surface area contributed by atoms with Gasteiger partial charge in [-0.1, -0.05) is 30.3 Å². The number of carbonyl (C=O) groups is 3. The van der Waals surface area contributed by atoms with Gasteiger partial charge in [-0.05, 0) is 18.9 Å². The van der Waals surface area contributed by atoms with Crippen LogP contribution in [-0.4, -0.2) is 57.3 Å². The molecule has 0 bridgehead atoms. The lowest BCUT2D eigenvalue weighted by Gasteiger charge is -2.38. The minimum Gasteiger partial charge on any atom is -0.483 e. The lowest BCUT2D eigenvalue weighted by atomic mass is 10.1. The maximum absolute atomic E-state index is 12.5. The monoisotopic (exact) mass is 375 g/mol. The van der Waals surface area contributed by atoms with Crippen molar-refractivity contribution in [3.63, 3.8) is 0 Å². The molecule has 0 saturated carbocycles. The van der Waals surface area contributed by atoms with Crippen molar-refractivity contribution in [2.45, 2.75) is 25.9 Å². The van der Waals surface area contributed by atoms with Gasteiger partial charge in [-0.2, -0.15) is 0 Å². The van der Waals surface area contributed by atoms with E-state index in [0.717, 1.165) is 12.1 Å². The minimum absolute atomic E-state index is 0.00996. The Balaban J connectivity index is 0.000000758. The van der Waals surface area contributed by atoms with E-state index in [2.05, 4.69) is 4.98 Å². The highest BCUT2D eigenvalue weighted by atomic mass is 32.1. The van der Waals surface area contributed by atoms with Crippen molar-refractivity contribution in [3.8, 4) is 0 Å². The fraction of sp³-hybridized carbons (Fsp3) is 0.333. The first-order valence-corrected chi connectivity index (χ1v) is 9.08. The number of aromatic nitrogens is 1. The van der Waals surface area contributed by atoms with Crippen LogP contribution in [0.1, 0.15) is 18.2 Å². The Hall–Kier alpha value is -2.74. The SMILES string of the molecule is C[C@@H]1C(=O)N(CCc2ccccc2)CC(=O)N1Cc1cscn1.O=CO. The molecule has 0 spiro atoms. The molecule has 0 aliphatic carbocycles. The number of benzene rings is 1. The second-order valence-corrected chi connectivity index (χ2v) is 6.50. The van der Waals surface area contributed by atoms with Crippen molar-refractivity contribution < 1.29 is 19.5 Å². The van der Waals surface area contributed by atoms with Gasteiger partial charge in [0.05, 0.1) is 24.3 Å². The molecule has 2 heterocycles. The number of hydrogen-bond donors (Lipinski definition) is 1. The number of hydrogen-bond acceptors (Lipinski definition) is 5. The number of piperazine rings is 1. The molecule has 1 aromatic heterocycles. The van der Waals surface area contributed by atoms with Gasteiger partial charge in [0.25, 0.3) is 6.47 Å². The molecule has 8 heteroatoms. The largest absolute Gasteiger partial charge is 0.483 e. The topological polar surface area (TPSA) is 90.8 Å². The van der Waals surface area contributed by atoms with Crippen molar-refractivity contribution in [2.75, 3.05) is 13.1 Å². The molecule has 3 rings (SSSR count). The van der Waals surface area contributed by atoms with E-state index in [1.165, 1.54) is 16.9 Å². The molecule has 1 aromatic carbocycles. The summed E-state index contributed by atoms with van der Waals surface area (Å²) in [5.41, 5.74) is 3.74. The van der Waals surface area contributed by atoms with E-state index in [4.69, 9.17) is 9.90 Å². The average molecular weight is 375 g/mol. The molecule has 1 atom stereocenters. The van der Waals surface area contributed by atoms with Gasteiger partial charge in [0.15, 0.2) is 0 Å². The highest BCUT2D eigenvalue weighted by Gasteiger charge is 2.36. The van der Waals surface area contributed by atoms with Crippen LogP contribution in [0.2, 0.25) is 0 Å². The van der Waals surface area contributed by atoms with Crippen molar-refractivity contribution in [2.24, 2.45) is 0 Å². The Labute approximate surface area is 155 Å². The lowest BCUT2D eigenvalue weighted by molar-refractivity contribution is -0.155. The fourth-order valence-corrected chi connectivity index (χ4v) is 3.31. The standard InChI is InChI=1S/C17H19N3O2S.CH2O2/c1-13-17(22)19(8-7-14-5-3-2-4-6-14)10-16(21)20(13)9-15-11-23-12-18-15;2-1-3/h2-6,11-13H,7-10H2,1H3;1H,(H,2,3)/t13-;/m1./s1. The third-order valence-electron chi connectivity index (χ3n) is 4.11. The van der Waals surface area contributed by atoms with E-state index >= 15 is 0 Å². The maximum atomic E-state index is 12.5. The quantitative estimate of drug-likeness (QED) is 0.803. The average Bonchev–Trinajstić information content (AvgIpc) is 3.15. The summed E-state index contributed by atoms with van der Waals surface area (Å²) in [5, 5.41) is 8.80. The molecule has 1 fully saturated rings. The van der Waals surface area contributed by atoms with E-state index in [9.17, 15) is 9.59 Å². The van der Waals surface area contributed by atoms with Crippen LogP contribution in [0.5, 0.6) is 0 Å². The summed E-state index contributed by atoms with van der Waals surface area (Å²) >= 11 is 1.49. The van der Waals surface area contributed by atoms with Crippen LogP contribution in [0.15, 0.2) is 41.2 Å². The Bertz CT molecular complexity index is 721. The highest BCUT2D eigenvalue weighted by Crippen LogP contribution is 2.17. The number of carboxylic acid groups (broad SMARTS) is 1. The second-order valence-electron chi connectivity index (χ2n) is 5.78. The normalized spacial score (nSPS) is 16.9. The fourth-order valence-electron chi connectivity index (χ4n) is 2.76. The molecular formula is C18H21N3O4S. The summed E-state index contributed by atoms with van der Waals surface area (Å²) < 4.78 is 0. The van der Waals surface area contributed by atoms with Gasteiger partial charge in [0, 0.05) is 11.9 Å². The van der Waals surface area contributed by atoms with Gasteiger partial charge in [-0.25, -0.2) is 4.98 Å². The molecule has 0 radical (unpaired) electrons. The zero-order chi connectivity index (χ0) is 18.9. The first kappa shape index (κ1) is 19.6. The Morgan fingerprint density at radius 1 is 1.31 bits per heavy atom. The smallest absolute Gasteiger partial charge is 0.290 e. The maximum Gasteiger partial charge on any atom is 0.290 e. The summed E-state index contributed by atoms with van der Waals surface area (Å²) in [6.45, 7) is 2.67. The summed E-state index contributed by atoms with van der Waals surface area (Å²) in [4.78, 5) is 40.8. The number of rotatable bonds is 5. The Morgan fingerprint density at radius 2 is 2.00 bits per heavy atom. The number of amides is 2. The van der Waals surface area contributed by atoms with E-state index in [1.54, 1.807) is 22.2 Å². The Kier molecular flexibility index (Phi) is 7.28. The summed E-state index contributed by atoms with van der Waals surface area (Å²) in [6, 6.07) is 9.57. The molecule has 1 aliphatic rings. The first-order chi connectivity index (χ1) is 12.6. The molecule has 1 N–H and O–H groups in total. The number of thiazole rings is 1. The minimum atomic E-state index is -0.436. The molecule has 2 amide bonds. The van der Waals surface area contributed by atoms with Gasteiger partial charge >= 0.3 is 0 Å². The molecule has 2 aromatic rings. The molecule has 7 nitrogen and oxygen atoms in total. The number of carbonyl (C=O) groups excluding carboxylic acids is 2. The predicted octanol–water partition coefficient (Wildman–Crippen LogP) is 1.65. The predicted molar refractivity (Wildman–Crippen MR) is 97.5 cm³/mol. The highest BCUT2D eigenvalue weighted by molar-refractivity contribution is 7.07. The van der Waals surface area contributed by atoms with Crippen molar-refractivity contribution in [1.82, 2.24) is 14.8 Å². The van der Waals surface area contributed by atoms with Gasteiger partial charge in [-0.3, -0.25) is 14.4 Å². The van der Waals surface area contributed by atoms with Crippen LogP contribution >= 0.6 is 11.3 Å². The van der Waals surface area contributed by atoms with Gasteiger partial charge in [0.2, 0.25) is 11.8 Å². The van der Waals surface area contributed by atoms with Crippen LogP contribution < -0.4 is 0 Å².